The molecule has 0 fully saturated rings. The Bertz CT molecular complexity index is 553. The van der Waals surface area contributed by atoms with Crippen molar-refractivity contribution >= 4 is 27.3 Å². The normalized spacial score (nSPS) is 12.4. The summed E-state index contributed by atoms with van der Waals surface area (Å²) in [6, 6.07) is 6.61. The summed E-state index contributed by atoms with van der Waals surface area (Å²) in [7, 11) is 3.70. The van der Waals surface area contributed by atoms with Crippen LogP contribution in [0, 0.1) is 6.92 Å². The molecule has 4 heteroatoms. The van der Waals surface area contributed by atoms with E-state index in [2.05, 4.69) is 51.1 Å². The fourth-order valence-corrected chi connectivity index (χ4v) is 3.66. The van der Waals surface area contributed by atoms with Crippen molar-refractivity contribution in [2.75, 3.05) is 14.2 Å². The molecule has 0 radical (unpaired) electrons. The molecule has 0 spiro atoms. The topological polar surface area (TPSA) is 21.3 Å². The summed E-state index contributed by atoms with van der Waals surface area (Å²) in [5.74, 6) is 0.872. The molecule has 0 saturated heterocycles. The van der Waals surface area contributed by atoms with E-state index in [-0.39, 0.29) is 0 Å². The third-order valence-corrected chi connectivity index (χ3v) is 4.77. The molecule has 1 atom stereocenters. The molecule has 0 bridgehead atoms. The number of ether oxygens (including phenoxy) is 1. The molecule has 1 heterocycles. The average molecular weight is 340 g/mol. The van der Waals surface area contributed by atoms with Gasteiger partial charge < -0.3 is 10.1 Å². The van der Waals surface area contributed by atoms with Crippen LogP contribution in [0.3, 0.4) is 0 Å². The van der Waals surface area contributed by atoms with Gasteiger partial charge in [-0.2, -0.15) is 11.3 Å². The van der Waals surface area contributed by atoms with Gasteiger partial charge >= 0.3 is 0 Å². The van der Waals surface area contributed by atoms with Crippen LogP contribution in [0.1, 0.15) is 22.7 Å². The van der Waals surface area contributed by atoms with Crippen LogP contribution in [-0.2, 0) is 6.42 Å². The number of benzene rings is 1. The van der Waals surface area contributed by atoms with E-state index in [9.17, 15) is 0 Å². The SMILES string of the molecule is CNC(Cc1ccc(OC)c(Br)c1)c1cscc1C. The van der Waals surface area contributed by atoms with Gasteiger partial charge in [-0.05, 0) is 75.9 Å². The lowest BCUT2D eigenvalue weighted by Crippen LogP contribution is -2.19. The lowest BCUT2D eigenvalue weighted by atomic mass is 9.99. The second-order valence-electron chi connectivity index (χ2n) is 4.52. The van der Waals surface area contributed by atoms with E-state index in [0.29, 0.717) is 6.04 Å². The van der Waals surface area contributed by atoms with E-state index < -0.39 is 0 Å². The lowest BCUT2D eigenvalue weighted by Gasteiger charge is -2.17. The highest BCUT2D eigenvalue weighted by atomic mass is 79.9. The van der Waals surface area contributed by atoms with Gasteiger partial charge in [-0.3, -0.25) is 0 Å². The molecule has 0 saturated carbocycles. The molecule has 0 amide bonds. The quantitative estimate of drug-likeness (QED) is 0.875. The first-order chi connectivity index (χ1) is 9.15. The molecular weight excluding hydrogens is 322 g/mol. The van der Waals surface area contributed by atoms with Crippen molar-refractivity contribution in [3.63, 3.8) is 0 Å². The first-order valence-corrected chi connectivity index (χ1v) is 7.91. The number of nitrogens with one attached hydrogen (secondary N) is 1. The monoisotopic (exact) mass is 339 g/mol. The minimum absolute atomic E-state index is 0.353. The van der Waals surface area contributed by atoms with Crippen molar-refractivity contribution in [1.29, 1.82) is 0 Å². The fourth-order valence-electron chi connectivity index (χ4n) is 2.17. The van der Waals surface area contributed by atoms with Crippen LogP contribution in [0.15, 0.2) is 33.4 Å². The van der Waals surface area contributed by atoms with Gasteiger partial charge in [-0.1, -0.05) is 6.07 Å². The number of hydrogen-bond acceptors (Lipinski definition) is 3. The Balaban J connectivity index is 2.19. The van der Waals surface area contributed by atoms with Crippen molar-refractivity contribution in [3.05, 3.63) is 50.1 Å². The Morgan fingerprint density at radius 2 is 2.16 bits per heavy atom. The third kappa shape index (κ3) is 3.38. The molecule has 19 heavy (non-hydrogen) atoms. The Kier molecular flexibility index (Phi) is 5.02. The standard InChI is InChI=1S/C15H18BrNOS/c1-10-8-19-9-12(10)14(17-2)7-11-4-5-15(18-3)13(16)6-11/h4-6,8-9,14,17H,7H2,1-3H3. The Morgan fingerprint density at radius 3 is 2.68 bits per heavy atom. The van der Waals surface area contributed by atoms with E-state index in [1.54, 1.807) is 18.4 Å². The van der Waals surface area contributed by atoms with Crippen LogP contribution in [0.4, 0.5) is 0 Å². The highest BCUT2D eigenvalue weighted by Gasteiger charge is 2.14. The summed E-state index contributed by atoms with van der Waals surface area (Å²) in [5.41, 5.74) is 4.04. The zero-order valence-corrected chi connectivity index (χ0v) is 13.8. The lowest BCUT2D eigenvalue weighted by molar-refractivity contribution is 0.412. The average Bonchev–Trinajstić information content (AvgIpc) is 2.82. The van der Waals surface area contributed by atoms with Crippen molar-refractivity contribution in [3.8, 4) is 5.75 Å². The molecule has 1 unspecified atom stereocenters. The maximum absolute atomic E-state index is 5.26. The van der Waals surface area contributed by atoms with Crippen molar-refractivity contribution in [1.82, 2.24) is 5.32 Å². The van der Waals surface area contributed by atoms with Crippen LogP contribution in [-0.4, -0.2) is 14.2 Å². The predicted molar refractivity (Wildman–Crippen MR) is 85.3 cm³/mol. The van der Waals surface area contributed by atoms with Gasteiger partial charge in [0.25, 0.3) is 0 Å². The summed E-state index contributed by atoms with van der Waals surface area (Å²) in [6.07, 6.45) is 0.969. The first kappa shape index (κ1) is 14.6. The van der Waals surface area contributed by atoms with Gasteiger partial charge in [0.1, 0.15) is 5.75 Å². The molecule has 2 nitrogen and oxygen atoms in total. The third-order valence-electron chi connectivity index (χ3n) is 3.28. The summed E-state index contributed by atoms with van der Waals surface area (Å²) in [6.45, 7) is 2.17. The molecule has 1 aromatic heterocycles. The number of methoxy groups -OCH3 is 1. The van der Waals surface area contributed by atoms with Crippen LogP contribution in [0.2, 0.25) is 0 Å². The number of thiophene rings is 1. The van der Waals surface area contributed by atoms with Gasteiger partial charge in [0, 0.05) is 6.04 Å². The predicted octanol–water partition coefficient (Wildman–Crippen LogP) is 4.33. The Labute approximate surface area is 126 Å². The minimum Gasteiger partial charge on any atom is -0.496 e. The van der Waals surface area contributed by atoms with Crippen LogP contribution < -0.4 is 10.1 Å². The van der Waals surface area contributed by atoms with Gasteiger partial charge in [0.2, 0.25) is 0 Å². The molecule has 1 aromatic carbocycles. The van der Waals surface area contributed by atoms with E-state index in [1.165, 1.54) is 16.7 Å². The summed E-state index contributed by atoms with van der Waals surface area (Å²) >= 11 is 5.30. The van der Waals surface area contributed by atoms with Gasteiger partial charge in [-0.25, -0.2) is 0 Å². The number of rotatable bonds is 5. The van der Waals surface area contributed by atoms with Crippen LogP contribution in [0.25, 0.3) is 0 Å². The molecule has 2 rings (SSSR count). The second-order valence-corrected chi connectivity index (χ2v) is 6.12. The second kappa shape index (κ2) is 6.55. The molecule has 1 N–H and O–H groups in total. The minimum atomic E-state index is 0.353. The molecular formula is C15H18BrNOS. The van der Waals surface area contributed by atoms with Crippen LogP contribution in [0.5, 0.6) is 5.75 Å². The van der Waals surface area contributed by atoms with Crippen molar-refractivity contribution < 1.29 is 4.74 Å². The van der Waals surface area contributed by atoms with Crippen molar-refractivity contribution in [2.24, 2.45) is 0 Å². The molecule has 0 aliphatic rings. The largest absolute Gasteiger partial charge is 0.496 e. The number of hydrogen-bond donors (Lipinski definition) is 1. The summed E-state index contributed by atoms with van der Waals surface area (Å²) < 4.78 is 6.27. The zero-order chi connectivity index (χ0) is 13.8. The Hall–Kier alpha value is -0.840. The summed E-state index contributed by atoms with van der Waals surface area (Å²) in [5, 5.41) is 7.83. The maximum atomic E-state index is 5.26. The molecule has 102 valence electrons. The van der Waals surface area contributed by atoms with E-state index in [4.69, 9.17) is 4.74 Å². The summed E-state index contributed by atoms with van der Waals surface area (Å²) in [4.78, 5) is 0. The van der Waals surface area contributed by atoms with E-state index in [0.717, 1.165) is 16.6 Å². The molecule has 0 aliphatic carbocycles. The van der Waals surface area contributed by atoms with Gasteiger partial charge in [0.05, 0.1) is 11.6 Å². The van der Waals surface area contributed by atoms with E-state index >= 15 is 0 Å². The van der Waals surface area contributed by atoms with Crippen LogP contribution >= 0.6 is 27.3 Å². The molecule has 2 aromatic rings. The first-order valence-electron chi connectivity index (χ1n) is 6.18. The zero-order valence-electron chi connectivity index (χ0n) is 11.4. The van der Waals surface area contributed by atoms with E-state index in [1.807, 2.05) is 13.1 Å². The van der Waals surface area contributed by atoms with Crippen molar-refractivity contribution in [2.45, 2.75) is 19.4 Å². The highest BCUT2D eigenvalue weighted by Crippen LogP contribution is 2.29. The number of halogens is 1. The van der Waals surface area contributed by atoms with Gasteiger partial charge in [0.15, 0.2) is 0 Å². The smallest absolute Gasteiger partial charge is 0.133 e. The van der Waals surface area contributed by atoms with Gasteiger partial charge in [-0.15, -0.1) is 0 Å². The maximum Gasteiger partial charge on any atom is 0.133 e. The highest BCUT2D eigenvalue weighted by molar-refractivity contribution is 9.10. The Morgan fingerprint density at radius 1 is 1.37 bits per heavy atom. The number of aryl methyl sites for hydroxylation is 1. The number of likely N-dealkylation sites (N-methyl/N-ethyl adjacent to an activating group) is 1. The molecule has 0 aliphatic heterocycles. The fraction of sp³-hybridized carbons (Fsp3) is 0.333.